The summed E-state index contributed by atoms with van der Waals surface area (Å²) in [5, 5.41) is 0. The fourth-order valence-corrected chi connectivity index (χ4v) is 2.20. The van der Waals surface area contributed by atoms with Gasteiger partial charge in [-0.15, -0.1) is 0 Å². The number of ketones is 1. The number of carbonyl (C=O) groups is 1. The van der Waals surface area contributed by atoms with Crippen LogP contribution in [0.5, 0.6) is 0 Å². The molecule has 0 aliphatic rings. The Morgan fingerprint density at radius 1 is 1.10 bits per heavy atom. The molecular formula is C18H21NO. The molecule has 0 fully saturated rings. The van der Waals surface area contributed by atoms with E-state index in [1.54, 1.807) is 0 Å². The van der Waals surface area contributed by atoms with Crippen molar-refractivity contribution in [3.63, 3.8) is 0 Å². The van der Waals surface area contributed by atoms with Crippen molar-refractivity contribution in [2.24, 2.45) is 5.73 Å². The van der Waals surface area contributed by atoms with Gasteiger partial charge in [-0.25, -0.2) is 0 Å². The Balaban J connectivity index is 2.24. The maximum absolute atomic E-state index is 12.4. The minimum Gasteiger partial charge on any atom is -0.326 e. The Kier molecular flexibility index (Phi) is 4.70. The first kappa shape index (κ1) is 14.5. The molecule has 1 unspecified atom stereocenters. The molecule has 0 amide bonds. The average molecular weight is 267 g/mol. The van der Waals surface area contributed by atoms with Gasteiger partial charge in [0, 0.05) is 17.7 Å². The van der Waals surface area contributed by atoms with Gasteiger partial charge in [-0.05, 0) is 29.5 Å². The van der Waals surface area contributed by atoms with Crippen molar-refractivity contribution in [2.75, 3.05) is 0 Å². The van der Waals surface area contributed by atoms with E-state index in [0.29, 0.717) is 18.0 Å². The van der Waals surface area contributed by atoms with Crippen LogP contribution in [0.4, 0.5) is 0 Å². The molecule has 0 aromatic heterocycles. The van der Waals surface area contributed by atoms with E-state index in [0.717, 1.165) is 17.5 Å². The molecule has 2 aromatic carbocycles. The van der Waals surface area contributed by atoms with Crippen molar-refractivity contribution < 1.29 is 4.79 Å². The molecule has 0 aliphatic carbocycles. The maximum atomic E-state index is 12.4. The zero-order valence-corrected chi connectivity index (χ0v) is 12.1. The first-order valence-corrected chi connectivity index (χ1v) is 7.09. The SMILES string of the molecule is CCC(C)c1ccc(C(=O)c2cccc(CN)c2)cc1. The summed E-state index contributed by atoms with van der Waals surface area (Å²) in [5.41, 5.74) is 9.30. The van der Waals surface area contributed by atoms with Crippen LogP contribution < -0.4 is 5.73 Å². The van der Waals surface area contributed by atoms with E-state index < -0.39 is 0 Å². The van der Waals surface area contributed by atoms with Gasteiger partial charge in [0.2, 0.25) is 0 Å². The van der Waals surface area contributed by atoms with E-state index in [4.69, 9.17) is 5.73 Å². The number of hydrogen-bond acceptors (Lipinski definition) is 2. The lowest BCUT2D eigenvalue weighted by atomic mass is 9.95. The van der Waals surface area contributed by atoms with Gasteiger partial charge in [-0.3, -0.25) is 4.79 Å². The Hall–Kier alpha value is -1.93. The third-order valence-electron chi connectivity index (χ3n) is 3.78. The Morgan fingerprint density at radius 3 is 2.40 bits per heavy atom. The molecule has 0 spiro atoms. The number of nitrogens with two attached hydrogens (primary N) is 1. The second-order valence-electron chi connectivity index (χ2n) is 5.16. The summed E-state index contributed by atoms with van der Waals surface area (Å²) in [6.45, 7) is 4.82. The molecule has 2 heteroatoms. The van der Waals surface area contributed by atoms with Crippen molar-refractivity contribution in [3.05, 3.63) is 70.8 Å². The second kappa shape index (κ2) is 6.49. The highest BCUT2D eigenvalue weighted by Crippen LogP contribution is 2.20. The molecular weight excluding hydrogens is 246 g/mol. The maximum Gasteiger partial charge on any atom is 0.193 e. The lowest BCUT2D eigenvalue weighted by Gasteiger charge is -2.09. The van der Waals surface area contributed by atoms with Crippen LogP contribution in [0.3, 0.4) is 0 Å². The molecule has 0 bridgehead atoms. The van der Waals surface area contributed by atoms with Crippen LogP contribution in [0.25, 0.3) is 0 Å². The van der Waals surface area contributed by atoms with E-state index >= 15 is 0 Å². The number of rotatable bonds is 5. The zero-order valence-electron chi connectivity index (χ0n) is 12.1. The highest BCUT2D eigenvalue weighted by molar-refractivity contribution is 6.09. The molecule has 0 aliphatic heterocycles. The summed E-state index contributed by atoms with van der Waals surface area (Å²) < 4.78 is 0. The van der Waals surface area contributed by atoms with E-state index in [2.05, 4.69) is 13.8 Å². The van der Waals surface area contributed by atoms with Crippen LogP contribution in [0.15, 0.2) is 48.5 Å². The fraction of sp³-hybridized carbons (Fsp3) is 0.278. The highest BCUT2D eigenvalue weighted by Gasteiger charge is 2.10. The van der Waals surface area contributed by atoms with Crippen molar-refractivity contribution in [1.29, 1.82) is 0 Å². The van der Waals surface area contributed by atoms with Gasteiger partial charge in [-0.1, -0.05) is 56.3 Å². The molecule has 2 N–H and O–H groups in total. The van der Waals surface area contributed by atoms with E-state index in [-0.39, 0.29) is 5.78 Å². The zero-order chi connectivity index (χ0) is 14.5. The van der Waals surface area contributed by atoms with Gasteiger partial charge in [0.25, 0.3) is 0 Å². The van der Waals surface area contributed by atoms with Gasteiger partial charge < -0.3 is 5.73 Å². The van der Waals surface area contributed by atoms with Gasteiger partial charge >= 0.3 is 0 Å². The minimum atomic E-state index is 0.0519. The largest absolute Gasteiger partial charge is 0.326 e. The lowest BCUT2D eigenvalue weighted by molar-refractivity contribution is 0.103. The minimum absolute atomic E-state index is 0.0519. The Labute approximate surface area is 120 Å². The number of hydrogen-bond donors (Lipinski definition) is 1. The normalized spacial score (nSPS) is 12.2. The molecule has 2 rings (SSSR count). The van der Waals surface area contributed by atoms with Crippen LogP contribution in [-0.4, -0.2) is 5.78 Å². The van der Waals surface area contributed by atoms with E-state index in [1.807, 2.05) is 48.5 Å². The second-order valence-corrected chi connectivity index (χ2v) is 5.16. The lowest BCUT2D eigenvalue weighted by Crippen LogP contribution is -2.04. The summed E-state index contributed by atoms with van der Waals surface area (Å²) >= 11 is 0. The van der Waals surface area contributed by atoms with Crippen molar-refractivity contribution in [2.45, 2.75) is 32.7 Å². The molecule has 0 saturated heterocycles. The summed E-state index contributed by atoms with van der Waals surface area (Å²) in [4.78, 5) is 12.4. The van der Waals surface area contributed by atoms with Crippen LogP contribution in [0.2, 0.25) is 0 Å². The first-order chi connectivity index (χ1) is 9.65. The monoisotopic (exact) mass is 267 g/mol. The standard InChI is InChI=1S/C18H21NO/c1-3-13(2)15-7-9-16(10-8-15)18(20)17-6-4-5-14(11-17)12-19/h4-11,13H,3,12,19H2,1-2H3. The molecule has 1 atom stereocenters. The van der Waals surface area contributed by atoms with Gasteiger partial charge in [-0.2, -0.15) is 0 Å². The van der Waals surface area contributed by atoms with E-state index in [9.17, 15) is 4.79 Å². The Bertz CT molecular complexity index is 587. The van der Waals surface area contributed by atoms with Gasteiger partial charge in [0.1, 0.15) is 0 Å². The summed E-state index contributed by atoms with van der Waals surface area (Å²) in [6.07, 6.45) is 1.10. The molecule has 0 heterocycles. The van der Waals surface area contributed by atoms with Crippen LogP contribution in [0.1, 0.15) is 53.2 Å². The summed E-state index contributed by atoms with van der Waals surface area (Å²) in [6, 6.07) is 15.4. The first-order valence-electron chi connectivity index (χ1n) is 7.09. The Morgan fingerprint density at radius 2 is 1.80 bits per heavy atom. The van der Waals surface area contributed by atoms with Crippen LogP contribution in [0, 0.1) is 0 Å². The topological polar surface area (TPSA) is 43.1 Å². The summed E-state index contributed by atoms with van der Waals surface area (Å²) in [7, 11) is 0. The third-order valence-corrected chi connectivity index (χ3v) is 3.78. The average Bonchev–Trinajstić information content (AvgIpc) is 2.53. The van der Waals surface area contributed by atoms with Gasteiger partial charge in [0.15, 0.2) is 5.78 Å². The molecule has 20 heavy (non-hydrogen) atoms. The quantitative estimate of drug-likeness (QED) is 0.835. The van der Waals surface area contributed by atoms with Crippen molar-refractivity contribution >= 4 is 5.78 Å². The van der Waals surface area contributed by atoms with Crippen molar-refractivity contribution in [1.82, 2.24) is 0 Å². The molecule has 2 nitrogen and oxygen atoms in total. The molecule has 0 radical (unpaired) electrons. The van der Waals surface area contributed by atoms with Crippen LogP contribution in [-0.2, 0) is 6.54 Å². The highest BCUT2D eigenvalue weighted by atomic mass is 16.1. The number of benzene rings is 2. The van der Waals surface area contributed by atoms with Crippen molar-refractivity contribution in [3.8, 4) is 0 Å². The fourth-order valence-electron chi connectivity index (χ4n) is 2.20. The third kappa shape index (κ3) is 3.14. The van der Waals surface area contributed by atoms with Gasteiger partial charge in [0.05, 0.1) is 0 Å². The molecule has 0 saturated carbocycles. The smallest absolute Gasteiger partial charge is 0.193 e. The molecule has 2 aromatic rings. The van der Waals surface area contributed by atoms with E-state index in [1.165, 1.54) is 5.56 Å². The summed E-state index contributed by atoms with van der Waals surface area (Å²) in [5.74, 6) is 0.579. The predicted molar refractivity (Wildman–Crippen MR) is 82.9 cm³/mol. The molecule has 104 valence electrons. The number of carbonyl (C=O) groups excluding carboxylic acids is 1. The van der Waals surface area contributed by atoms with Crippen LogP contribution >= 0.6 is 0 Å². The predicted octanol–water partition coefficient (Wildman–Crippen LogP) is 3.89.